The number of nitrogens with one attached hydrogen (secondary N) is 2. The van der Waals surface area contributed by atoms with Crippen molar-refractivity contribution in [3.8, 4) is 5.75 Å². The lowest BCUT2D eigenvalue weighted by Crippen LogP contribution is -2.45. The van der Waals surface area contributed by atoms with Crippen molar-refractivity contribution in [2.45, 2.75) is 26.8 Å². The molecule has 0 fully saturated rings. The molecule has 24 heavy (non-hydrogen) atoms. The molecular weight excluding hydrogens is 308 g/mol. The van der Waals surface area contributed by atoms with Crippen LogP contribution in [0.15, 0.2) is 41.0 Å². The summed E-state index contributed by atoms with van der Waals surface area (Å²) in [4.78, 5) is 23.7. The van der Waals surface area contributed by atoms with Crippen LogP contribution in [-0.2, 0) is 4.79 Å². The second kappa shape index (κ2) is 8.19. The summed E-state index contributed by atoms with van der Waals surface area (Å²) >= 11 is 0. The van der Waals surface area contributed by atoms with E-state index >= 15 is 0 Å². The topological polar surface area (TPSA) is 80.6 Å². The molecule has 1 aromatic carbocycles. The van der Waals surface area contributed by atoms with Crippen molar-refractivity contribution in [3.05, 3.63) is 53.5 Å². The van der Waals surface area contributed by atoms with Crippen LogP contribution in [0.25, 0.3) is 0 Å². The number of ether oxygens (including phenoxy) is 1. The third-order valence-electron chi connectivity index (χ3n) is 3.35. The van der Waals surface area contributed by atoms with Crippen molar-refractivity contribution >= 4 is 11.8 Å². The highest BCUT2D eigenvalue weighted by Gasteiger charge is 2.17. The van der Waals surface area contributed by atoms with Gasteiger partial charge in [0.25, 0.3) is 5.91 Å². The molecule has 0 spiro atoms. The maximum atomic E-state index is 12.0. The first-order valence-corrected chi connectivity index (χ1v) is 7.79. The van der Waals surface area contributed by atoms with E-state index in [1.165, 1.54) is 12.3 Å². The summed E-state index contributed by atoms with van der Waals surface area (Å²) in [5.41, 5.74) is 2.26. The molecule has 2 N–H and O–H groups in total. The number of carbonyl (C=O) groups is 2. The Morgan fingerprint density at radius 1 is 1.21 bits per heavy atom. The Morgan fingerprint density at radius 3 is 2.54 bits per heavy atom. The van der Waals surface area contributed by atoms with Gasteiger partial charge in [-0.15, -0.1) is 0 Å². The number of aryl methyl sites for hydroxylation is 2. The van der Waals surface area contributed by atoms with Crippen molar-refractivity contribution in [2.24, 2.45) is 0 Å². The fraction of sp³-hybridized carbons (Fsp3) is 0.333. The molecule has 0 radical (unpaired) electrons. The van der Waals surface area contributed by atoms with Crippen LogP contribution >= 0.6 is 0 Å². The molecule has 0 saturated heterocycles. The average Bonchev–Trinajstić information content (AvgIpc) is 3.04. The summed E-state index contributed by atoms with van der Waals surface area (Å²) in [6.07, 6.45) is 1.41. The van der Waals surface area contributed by atoms with Crippen molar-refractivity contribution < 1.29 is 18.7 Å². The van der Waals surface area contributed by atoms with Gasteiger partial charge < -0.3 is 19.8 Å². The Bertz CT molecular complexity index is 675. The van der Waals surface area contributed by atoms with Gasteiger partial charge in [0.15, 0.2) is 5.76 Å². The molecule has 1 atom stereocenters. The summed E-state index contributed by atoms with van der Waals surface area (Å²) < 4.78 is 10.6. The smallest absolute Gasteiger partial charge is 0.287 e. The monoisotopic (exact) mass is 330 g/mol. The lowest BCUT2D eigenvalue weighted by Gasteiger charge is -2.14. The van der Waals surface area contributed by atoms with Crippen molar-refractivity contribution in [2.75, 3.05) is 13.2 Å². The second-order valence-corrected chi connectivity index (χ2v) is 5.64. The third-order valence-corrected chi connectivity index (χ3v) is 3.35. The quantitative estimate of drug-likeness (QED) is 0.763. The first-order chi connectivity index (χ1) is 11.5. The van der Waals surface area contributed by atoms with Crippen molar-refractivity contribution in [3.63, 3.8) is 0 Å². The molecule has 2 aromatic rings. The Hall–Kier alpha value is -2.76. The van der Waals surface area contributed by atoms with Crippen LogP contribution in [0, 0.1) is 13.8 Å². The van der Waals surface area contributed by atoms with Crippen LogP contribution in [0.5, 0.6) is 5.75 Å². The Labute approximate surface area is 141 Å². The zero-order valence-corrected chi connectivity index (χ0v) is 14.1. The number of rotatable bonds is 7. The van der Waals surface area contributed by atoms with E-state index < -0.39 is 11.9 Å². The first kappa shape index (κ1) is 17.6. The van der Waals surface area contributed by atoms with E-state index in [1.54, 1.807) is 13.0 Å². The normalized spacial score (nSPS) is 11.6. The van der Waals surface area contributed by atoms with Crippen LogP contribution in [0.2, 0.25) is 0 Å². The molecular formula is C18H22N2O4. The summed E-state index contributed by atoms with van der Waals surface area (Å²) in [7, 11) is 0. The predicted molar refractivity (Wildman–Crippen MR) is 90.1 cm³/mol. The molecule has 6 nitrogen and oxygen atoms in total. The SMILES string of the molecule is Cc1cc(C)cc(OCCNC(=O)[C@@H](C)NC(=O)c2ccco2)c1. The minimum atomic E-state index is -0.663. The maximum Gasteiger partial charge on any atom is 0.287 e. The number of carbonyl (C=O) groups excluding carboxylic acids is 2. The summed E-state index contributed by atoms with van der Waals surface area (Å²) in [6.45, 7) is 6.33. The number of amides is 2. The molecule has 1 aromatic heterocycles. The summed E-state index contributed by atoms with van der Waals surface area (Å²) in [5, 5.41) is 5.29. The highest BCUT2D eigenvalue weighted by atomic mass is 16.5. The largest absolute Gasteiger partial charge is 0.492 e. The Balaban J connectivity index is 1.71. The van der Waals surface area contributed by atoms with Gasteiger partial charge in [-0.2, -0.15) is 0 Å². The lowest BCUT2D eigenvalue weighted by molar-refractivity contribution is -0.122. The minimum absolute atomic E-state index is 0.174. The highest BCUT2D eigenvalue weighted by molar-refractivity contribution is 5.95. The zero-order chi connectivity index (χ0) is 17.5. The average molecular weight is 330 g/mol. The molecule has 0 aliphatic rings. The fourth-order valence-electron chi connectivity index (χ4n) is 2.25. The lowest BCUT2D eigenvalue weighted by atomic mass is 10.1. The minimum Gasteiger partial charge on any atom is -0.492 e. The zero-order valence-electron chi connectivity index (χ0n) is 14.1. The van der Waals surface area contributed by atoms with Gasteiger partial charge in [-0.05, 0) is 56.2 Å². The number of hydrogen-bond donors (Lipinski definition) is 2. The first-order valence-electron chi connectivity index (χ1n) is 7.79. The molecule has 0 aliphatic heterocycles. The maximum absolute atomic E-state index is 12.0. The van der Waals surface area contributed by atoms with Crippen LogP contribution in [0.1, 0.15) is 28.6 Å². The highest BCUT2D eigenvalue weighted by Crippen LogP contribution is 2.15. The summed E-state index contributed by atoms with van der Waals surface area (Å²) in [6, 6.07) is 8.45. The van der Waals surface area contributed by atoms with Crippen molar-refractivity contribution in [1.82, 2.24) is 10.6 Å². The van der Waals surface area contributed by atoms with Gasteiger partial charge in [0.2, 0.25) is 5.91 Å². The Kier molecular flexibility index (Phi) is 6.01. The molecule has 0 unspecified atom stereocenters. The standard InChI is InChI=1S/C18H22N2O4/c1-12-9-13(2)11-15(10-12)23-8-6-19-17(21)14(3)20-18(22)16-5-4-7-24-16/h4-5,7,9-11,14H,6,8H2,1-3H3,(H,19,21)(H,20,22)/t14-/m1/s1. The van der Waals surface area contributed by atoms with Crippen molar-refractivity contribution in [1.29, 1.82) is 0 Å². The third kappa shape index (κ3) is 5.15. The molecule has 2 amide bonds. The molecule has 1 heterocycles. The molecule has 0 saturated carbocycles. The van der Waals surface area contributed by atoms with Crippen LogP contribution in [0.3, 0.4) is 0 Å². The van der Waals surface area contributed by atoms with E-state index in [2.05, 4.69) is 16.7 Å². The molecule has 0 aliphatic carbocycles. The van der Waals surface area contributed by atoms with Gasteiger partial charge in [0.1, 0.15) is 18.4 Å². The van der Waals surface area contributed by atoms with Crippen LogP contribution in [-0.4, -0.2) is 31.0 Å². The van der Waals surface area contributed by atoms with E-state index in [1.807, 2.05) is 26.0 Å². The van der Waals surface area contributed by atoms with Gasteiger partial charge in [-0.25, -0.2) is 0 Å². The molecule has 128 valence electrons. The number of benzene rings is 1. The van der Waals surface area contributed by atoms with E-state index in [4.69, 9.17) is 9.15 Å². The van der Waals surface area contributed by atoms with Gasteiger partial charge in [-0.1, -0.05) is 6.07 Å². The summed E-state index contributed by atoms with van der Waals surface area (Å²) in [5.74, 6) is 0.252. The molecule has 6 heteroatoms. The predicted octanol–water partition coefficient (Wildman–Crippen LogP) is 2.21. The van der Waals surface area contributed by atoms with E-state index in [9.17, 15) is 9.59 Å². The van der Waals surface area contributed by atoms with E-state index in [0.717, 1.165) is 16.9 Å². The Morgan fingerprint density at radius 2 is 1.92 bits per heavy atom. The number of furan rings is 1. The fourth-order valence-corrected chi connectivity index (χ4v) is 2.25. The van der Waals surface area contributed by atoms with Crippen LogP contribution < -0.4 is 15.4 Å². The van der Waals surface area contributed by atoms with Gasteiger partial charge in [0, 0.05) is 0 Å². The second-order valence-electron chi connectivity index (χ2n) is 5.64. The molecule has 2 rings (SSSR count). The van der Waals surface area contributed by atoms with Gasteiger partial charge in [0.05, 0.1) is 12.8 Å². The van der Waals surface area contributed by atoms with Gasteiger partial charge in [-0.3, -0.25) is 9.59 Å². The van der Waals surface area contributed by atoms with Crippen LogP contribution in [0.4, 0.5) is 0 Å². The molecule has 0 bridgehead atoms. The van der Waals surface area contributed by atoms with E-state index in [-0.39, 0.29) is 11.7 Å². The van der Waals surface area contributed by atoms with E-state index in [0.29, 0.717) is 13.2 Å². The van der Waals surface area contributed by atoms with Gasteiger partial charge >= 0.3 is 0 Å². The number of hydrogen-bond acceptors (Lipinski definition) is 4.